The van der Waals surface area contributed by atoms with Gasteiger partial charge < -0.3 is 20.1 Å². The maximum Gasteiger partial charge on any atom is 0.245 e. The van der Waals surface area contributed by atoms with Gasteiger partial charge >= 0.3 is 0 Å². The number of carbonyl (C=O) groups excluding carboxylic acids is 2. The summed E-state index contributed by atoms with van der Waals surface area (Å²) in [5.41, 5.74) is 0.0151. The maximum atomic E-state index is 12.6. The minimum Gasteiger partial charge on any atom is -0.493 e. The molecule has 1 saturated carbocycles. The fourth-order valence-corrected chi connectivity index (χ4v) is 3.48. The monoisotopic (exact) mass is 388 g/mol. The second kappa shape index (κ2) is 10.2. The molecule has 0 unspecified atom stereocenters. The normalized spacial score (nSPS) is 16.0. The average Bonchev–Trinajstić information content (AvgIpc) is 2.67. The summed E-state index contributed by atoms with van der Waals surface area (Å²) >= 11 is 0. The van der Waals surface area contributed by atoms with Crippen LogP contribution < -0.4 is 20.1 Å². The van der Waals surface area contributed by atoms with E-state index >= 15 is 0 Å². The van der Waals surface area contributed by atoms with Crippen molar-refractivity contribution >= 4 is 17.9 Å². The summed E-state index contributed by atoms with van der Waals surface area (Å²) in [5.74, 6) is 0.918. The molecule has 0 bridgehead atoms. The van der Waals surface area contributed by atoms with Gasteiger partial charge in [0.25, 0.3) is 0 Å². The van der Waals surface area contributed by atoms with Gasteiger partial charge in [0.05, 0.1) is 13.2 Å². The number of ether oxygens (including phenoxy) is 2. The number of amides is 2. The third-order valence-electron chi connectivity index (χ3n) is 4.82. The summed E-state index contributed by atoms with van der Waals surface area (Å²) in [4.78, 5) is 25.1. The SMILES string of the molecule is CCNC(=O)C1(NC(=O)C=Cc2ccc(OC(C)C)c(OC)c2)CCCCC1. The highest BCUT2D eigenvalue weighted by molar-refractivity contribution is 5.97. The molecule has 6 nitrogen and oxygen atoms in total. The molecule has 2 N–H and O–H groups in total. The summed E-state index contributed by atoms with van der Waals surface area (Å²) in [6.07, 6.45) is 7.55. The van der Waals surface area contributed by atoms with Crippen molar-refractivity contribution in [3.63, 3.8) is 0 Å². The largest absolute Gasteiger partial charge is 0.493 e. The summed E-state index contributed by atoms with van der Waals surface area (Å²) in [5, 5.41) is 5.82. The van der Waals surface area contributed by atoms with E-state index < -0.39 is 5.54 Å². The van der Waals surface area contributed by atoms with Crippen LogP contribution in [0, 0.1) is 0 Å². The van der Waals surface area contributed by atoms with Crippen molar-refractivity contribution in [2.24, 2.45) is 0 Å². The van der Waals surface area contributed by atoms with Crippen molar-refractivity contribution in [3.8, 4) is 11.5 Å². The molecule has 1 aliphatic rings. The lowest BCUT2D eigenvalue weighted by Crippen LogP contribution is -2.59. The summed E-state index contributed by atoms with van der Waals surface area (Å²) in [6, 6.07) is 5.51. The van der Waals surface area contributed by atoms with Crippen molar-refractivity contribution in [1.82, 2.24) is 10.6 Å². The Labute approximate surface area is 167 Å². The smallest absolute Gasteiger partial charge is 0.245 e. The molecule has 0 aromatic heterocycles. The molecule has 1 aromatic rings. The molecule has 1 aliphatic carbocycles. The molecule has 1 fully saturated rings. The second-order valence-corrected chi connectivity index (χ2v) is 7.40. The van der Waals surface area contributed by atoms with Gasteiger partial charge in [-0.3, -0.25) is 9.59 Å². The zero-order chi connectivity index (χ0) is 20.6. The van der Waals surface area contributed by atoms with Gasteiger partial charge in [-0.25, -0.2) is 0 Å². The number of methoxy groups -OCH3 is 1. The second-order valence-electron chi connectivity index (χ2n) is 7.40. The third-order valence-corrected chi connectivity index (χ3v) is 4.82. The Bertz CT molecular complexity index is 706. The van der Waals surface area contributed by atoms with E-state index in [9.17, 15) is 9.59 Å². The van der Waals surface area contributed by atoms with Crippen LogP contribution in [0.1, 0.15) is 58.4 Å². The third kappa shape index (κ3) is 5.75. The van der Waals surface area contributed by atoms with E-state index in [0.717, 1.165) is 24.8 Å². The van der Waals surface area contributed by atoms with Crippen molar-refractivity contribution in [2.45, 2.75) is 64.5 Å². The number of hydrogen-bond acceptors (Lipinski definition) is 4. The lowest BCUT2D eigenvalue weighted by molar-refractivity contribution is -0.133. The predicted octanol–water partition coefficient (Wildman–Crippen LogP) is 3.45. The average molecular weight is 389 g/mol. The highest BCUT2D eigenvalue weighted by Crippen LogP contribution is 2.30. The minimum absolute atomic E-state index is 0.0435. The Morgan fingerprint density at radius 2 is 1.89 bits per heavy atom. The quantitative estimate of drug-likeness (QED) is 0.669. The van der Waals surface area contributed by atoms with Gasteiger partial charge in [0.15, 0.2) is 11.5 Å². The predicted molar refractivity (Wildman–Crippen MR) is 110 cm³/mol. The molecule has 0 saturated heterocycles. The molecule has 1 aromatic carbocycles. The fraction of sp³-hybridized carbons (Fsp3) is 0.545. The summed E-state index contributed by atoms with van der Waals surface area (Å²) < 4.78 is 11.1. The molecule has 6 heteroatoms. The maximum absolute atomic E-state index is 12.6. The lowest BCUT2D eigenvalue weighted by Gasteiger charge is -2.36. The van der Waals surface area contributed by atoms with Gasteiger partial charge in [-0.2, -0.15) is 0 Å². The van der Waals surface area contributed by atoms with E-state index in [2.05, 4.69) is 10.6 Å². The van der Waals surface area contributed by atoms with Crippen LogP contribution in [0.25, 0.3) is 6.08 Å². The van der Waals surface area contributed by atoms with Crippen LogP contribution in [0.3, 0.4) is 0 Å². The van der Waals surface area contributed by atoms with Crippen molar-refractivity contribution in [1.29, 1.82) is 0 Å². The Balaban J connectivity index is 2.10. The molecular weight excluding hydrogens is 356 g/mol. The van der Waals surface area contributed by atoms with E-state index in [4.69, 9.17) is 9.47 Å². The number of carbonyl (C=O) groups is 2. The first kappa shape index (κ1) is 21.8. The molecule has 0 radical (unpaired) electrons. The van der Waals surface area contributed by atoms with Crippen LogP contribution in [0.5, 0.6) is 11.5 Å². The first-order valence-corrected chi connectivity index (χ1v) is 10.0. The number of nitrogens with one attached hydrogen (secondary N) is 2. The van der Waals surface area contributed by atoms with Crippen molar-refractivity contribution in [3.05, 3.63) is 29.8 Å². The zero-order valence-electron chi connectivity index (χ0n) is 17.3. The first-order chi connectivity index (χ1) is 13.4. The van der Waals surface area contributed by atoms with Crippen LogP contribution in [0.2, 0.25) is 0 Å². The highest BCUT2D eigenvalue weighted by Gasteiger charge is 2.40. The van der Waals surface area contributed by atoms with Crippen molar-refractivity contribution < 1.29 is 19.1 Å². The van der Waals surface area contributed by atoms with Gasteiger partial charge in [-0.15, -0.1) is 0 Å². The molecule has 2 rings (SSSR count). The molecule has 0 heterocycles. The summed E-state index contributed by atoms with van der Waals surface area (Å²) in [7, 11) is 1.59. The van der Waals surface area contributed by atoms with Crippen molar-refractivity contribution in [2.75, 3.05) is 13.7 Å². The Morgan fingerprint density at radius 1 is 1.18 bits per heavy atom. The molecule has 28 heavy (non-hydrogen) atoms. The van der Waals surface area contributed by atoms with Crippen LogP contribution >= 0.6 is 0 Å². The number of benzene rings is 1. The zero-order valence-corrected chi connectivity index (χ0v) is 17.3. The molecule has 2 amide bonds. The topological polar surface area (TPSA) is 76.7 Å². The standard InChI is InChI=1S/C22H32N2O4/c1-5-23-21(26)22(13-7-6-8-14-22)24-20(25)12-10-17-9-11-18(28-16(2)3)19(15-17)27-4/h9-12,15-16H,5-8,13-14H2,1-4H3,(H,23,26)(H,24,25). The molecule has 154 valence electrons. The lowest BCUT2D eigenvalue weighted by atomic mass is 9.80. The van der Waals surface area contributed by atoms with Crippen LogP contribution in [-0.2, 0) is 9.59 Å². The fourth-order valence-electron chi connectivity index (χ4n) is 3.48. The molecule has 0 spiro atoms. The van der Waals surface area contributed by atoms with E-state index in [1.165, 1.54) is 6.08 Å². The van der Waals surface area contributed by atoms with E-state index in [-0.39, 0.29) is 17.9 Å². The highest BCUT2D eigenvalue weighted by atomic mass is 16.5. The van der Waals surface area contributed by atoms with E-state index in [1.807, 2.05) is 39.0 Å². The molecular formula is C22H32N2O4. The van der Waals surface area contributed by atoms with Crippen LogP contribution in [0.4, 0.5) is 0 Å². The molecule has 0 aliphatic heterocycles. The number of rotatable bonds is 8. The van der Waals surface area contributed by atoms with Gasteiger partial charge in [0.1, 0.15) is 5.54 Å². The number of hydrogen-bond donors (Lipinski definition) is 2. The number of likely N-dealkylation sites (N-methyl/N-ethyl adjacent to an activating group) is 1. The summed E-state index contributed by atoms with van der Waals surface area (Å²) in [6.45, 7) is 6.34. The Morgan fingerprint density at radius 3 is 2.50 bits per heavy atom. The Kier molecular flexibility index (Phi) is 7.91. The van der Waals surface area contributed by atoms with E-state index in [0.29, 0.717) is 30.9 Å². The van der Waals surface area contributed by atoms with Gasteiger partial charge in [0, 0.05) is 12.6 Å². The Hall–Kier alpha value is -2.50. The van der Waals surface area contributed by atoms with Gasteiger partial charge in [0.2, 0.25) is 11.8 Å². The van der Waals surface area contributed by atoms with Crippen LogP contribution in [-0.4, -0.2) is 37.1 Å². The molecule has 0 atom stereocenters. The van der Waals surface area contributed by atoms with Gasteiger partial charge in [-0.1, -0.05) is 25.3 Å². The van der Waals surface area contributed by atoms with Gasteiger partial charge in [-0.05, 0) is 57.4 Å². The first-order valence-electron chi connectivity index (χ1n) is 10.0. The minimum atomic E-state index is -0.803. The van der Waals surface area contributed by atoms with Crippen LogP contribution in [0.15, 0.2) is 24.3 Å². The van der Waals surface area contributed by atoms with E-state index in [1.54, 1.807) is 13.2 Å².